The molecular formula is C9H8F3N3. The van der Waals surface area contributed by atoms with Crippen LogP contribution in [-0.4, -0.2) is 15.7 Å². The molecule has 2 aromatic rings. The van der Waals surface area contributed by atoms with E-state index >= 15 is 0 Å². The predicted octanol–water partition coefficient (Wildman–Crippen LogP) is 2.18. The van der Waals surface area contributed by atoms with Gasteiger partial charge in [0, 0.05) is 11.6 Å². The Morgan fingerprint density at radius 3 is 2.80 bits per heavy atom. The van der Waals surface area contributed by atoms with Crippen LogP contribution in [0.5, 0.6) is 0 Å². The SMILES string of the molecule is Nc1cnc2c(ccn2CC(F)(F)F)c1. The van der Waals surface area contributed by atoms with Crippen molar-refractivity contribution in [2.75, 3.05) is 5.73 Å². The molecular weight excluding hydrogens is 207 g/mol. The Morgan fingerprint density at radius 1 is 1.40 bits per heavy atom. The Kier molecular flexibility index (Phi) is 2.06. The first kappa shape index (κ1) is 9.82. The van der Waals surface area contributed by atoms with Crippen LogP contribution in [0.1, 0.15) is 0 Å². The lowest BCUT2D eigenvalue weighted by molar-refractivity contribution is -0.139. The summed E-state index contributed by atoms with van der Waals surface area (Å²) in [5.74, 6) is 0. The summed E-state index contributed by atoms with van der Waals surface area (Å²) in [7, 11) is 0. The van der Waals surface area contributed by atoms with Gasteiger partial charge in [-0.05, 0) is 12.1 Å². The van der Waals surface area contributed by atoms with E-state index in [2.05, 4.69) is 4.98 Å². The Bertz CT molecular complexity index is 487. The van der Waals surface area contributed by atoms with Crippen LogP contribution in [0, 0.1) is 0 Å². The zero-order valence-corrected chi connectivity index (χ0v) is 7.62. The average Bonchev–Trinajstić information content (AvgIpc) is 2.45. The van der Waals surface area contributed by atoms with Gasteiger partial charge in [0.15, 0.2) is 0 Å². The third-order valence-corrected chi connectivity index (χ3v) is 1.97. The largest absolute Gasteiger partial charge is 0.406 e. The summed E-state index contributed by atoms with van der Waals surface area (Å²) in [6.45, 7) is -1.03. The standard InChI is InChI=1S/C9H8F3N3/c10-9(11,12)5-15-2-1-6-3-7(13)4-14-8(6)15/h1-4H,5,13H2. The van der Waals surface area contributed by atoms with E-state index in [1.165, 1.54) is 12.4 Å². The Balaban J connectivity index is 2.45. The number of halogens is 3. The van der Waals surface area contributed by atoms with Gasteiger partial charge in [-0.25, -0.2) is 4.98 Å². The molecule has 3 nitrogen and oxygen atoms in total. The maximum atomic E-state index is 12.2. The molecule has 2 aromatic heterocycles. The van der Waals surface area contributed by atoms with Gasteiger partial charge in [0.1, 0.15) is 12.2 Å². The van der Waals surface area contributed by atoms with E-state index in [1.54, 1.807) is 12.1 Å². The quantitative estimate of drug-likeness (QED) is 0.792. The molecule has 2 N–H and O–H groups in total. The van der Waals surface area contributed by atoms with Crippen LogP contribution in [0.4, 0.5) is 18.9 Å². The van der Waals surface area contributed by atoms with Gasteiger partial charge >= 0.3 is 6.18 Å². The molecule has 15 heavy (non-hydrogen) atoms. The molecule has 0 unspecified atom stereocenters. The lowest BCUT2D eigenvalue weighted by atomic mass is 10.3. The van der Waals surface area contributed by atoms with Crippen molar-refractivity contribution in [3.8, 4) is 0 Å². The van der Waals surface area contributed by atoms with Crippen molar-refractivity contribution < 1.29 is 13.2 Å². The van der Waals surface area contributed by atoms with Gasteiger partial charge in [0.05, 0.1) is 11.9 Å². The molecule has 0 aliphatic carbocycles. The highest BCUT2D eigenvalue weighted by Crippen LogP contribution is 2.22. The first-order valence-corrected chi connectivity index (χ1v) is 4.23. The fraction of sp³-hybridized carbons (Fsp3) is 0.222. The number of rotatable bonds is 1. The molecule has 0 aromatic carbocycles. The molecule has 0 bridgehead atoms. The van der Waals surface area contributed by atoms with Crippen molar-refractivity contribution in [3.05, 3.63) is 24.5 Å². The zero-order valence-electron chi connectivity index (χ0n) is 7.62. The molecule has 0 atom stereocenters. The van der Waals surface area contributed by atoms with Crippen molar-refractivity contribution in [2.24, 2.45) is 0 Å². The molecule has 0 aliphatic rings. The fourth-order valence-corrected chi connectivity index (χ4v) is 1.42. The van der Waals surface area contributed by atoms with Crippen LogP contribution < -0.4 is 5.73 Å². The lowest BCUT2D eigenvalue weighted by Gasteiger charge is -2.08. The van der Waals surface area contributed by atoms with Gasteiger partial charge in [-0.15, -0.1) is 0 Å². The monoisotopic (exact) mass is 215 g/mol. The van der Waals surface area contributed by atoms with Crippen molar-refractivity contribution in [3.63, 3.8) is 0 Å². The van der Waals surface area contributed by atoms with Crippen molar-refractivity contribution >= 4 is 16.7 Å². The summed E-state index contributed by atoms with van der Waals surface area (Å²) in [5, 5.41) is 0.610. The predicted molar refractivity (Wildman–Crippen MR) is 50.2 cm³/mol. The van der Waals surface area contributed by atoms with Crippen molar-refractivity contribution in [2.45, 2.75) is 12.7 Å². The molecule has 0 radical (unpaired) electrons. The molecule has 0 saturated heterocycles. The Morgan fingerprint density at radius 2 is 2.13 bits per heavy atom. The number of nitrogens with two attached hydrogens (primary N) is 1. The van der Waals surface area contributed by atoms with Crippen LogP contribution in [0.3, 0.4) is 0 Å². The molecule has 0 saturated carbocycles. The Labute approximate surface area is 83.3 Å². The molecule has 0 spiro atoms. The second-order valence-corrected chi connectivity index (χ2v) is 3.24. The number of alkyl halides is 3. The molecule has 0 amide bonds. The van der Waals surface area contributed by atoms with E-state index in [4.69, 9.17) is 5.73 Å². The molecule has 2 rings (SSSR count). The Hall–Kier alpha value is -1.72. The smallest absolute Gasteiger partial charge is 0.397 e. The van der Waals surface area contributed by atoms with E-state index in [0.717, 1.165) is 4.57 Å². The number of anilines is 1. The van der Waals surface area contributed by atoms with Crippen LogP contribution in [-0.2, 0) is 6.54 Å². The van der Waals surface area contributed by atoms with Crippen LogP contribution >= 0.6 is 0 Å². The molecule has 80 valence electrons. The number of aromatic nitrogens is 2. The number of nitrogens with zero attached hydrogens (tertiary/aromatic N) is 2. The summed E-state index contributed by atoms with van der Waals surface area (Å²) in [4.78, 5) is 3.86. The summed E-state index contributed by atoms with van der Waals surface area (Å²) < 4.78 is 37.5. The van der Waals surface area contributed by atoms with Crippen molar-refractivity contribution in [1.29, 1.82) is 0 Å². The molecule has 6 heteroatoms. The van der Waals surface area contributed by atoms with Gasteiger partial charge < -0.3 is 10.3 Å². The average molecular weight is 215 g/mol. The van der Waals surface area contributed by atoms with E-state index < -0.39 is 12.7 Å². The minimum Gasteiger partial charge on any atom is -0.397 e. The van der Waals surface area contributed by atoms with Gasteiger partial charge in [-0.3, -0.25) is 0 Å². The van der Waals surface area contributed by atoms with Gasteiger partial charge in [0.25, 0.3) is 0 Å². The number of pyridine rings is 1. The van der Waals surface area contributed by atoms with E-state index in [1.807, 2.05) is 0 Å². The number of hydrogen-bond donors (Lipinski definition) is 1. The molecule has 0 fully saturated rings. The maximum Gasteiger partial charge on any atom is 0.406 e. The minimum atomic E-state index is -4.24. The van der Waals surface area contributed by atoms with E-state index in [-0.39, 0.29) is 0 Å². The minimum absolute atomic E-state index is 0.293. The number of nitrogen functional groups attached to an aromatic ring is 1. The highest BCUT2D eigenvalue weighted by Gasteiger charge is 2.28. The normalized spacial score (nSPS) is 12.2. The second-order valence-electron chi connectivity index (χ2n) is 3.24. The topological polar surface area (TPSA) is 43.8 Å². The summed E-state index contributed by atoms with van der Waals surface area (Å²) in [5.41, 5.74) is 6.20. The lowest BCUT2D eigenvalue weighted by Crippen LogP contribution is -2.17. The summed E-state index contributed by atoms with van der Waals surface area (Å²) >= 11 is 0. The van der Waals surface area contributed by atoms with Crippen molar-refractivity contribution in [1.82, 2.24) is 9.55 Å². The highest BCUT2D eigenvalue weighted by molar-refractivity contribution is 5.79. The summed E-state index contributed by atoms with van der Waals surface area (Å²) in [6, 6.07) is 3.15. The summed E-state index contributed by atoms with van der Waals surface area (Å²) in [6.07, 6.45) is -1.55. The third kappa shape index (κ3) is 2.03. The molecule has 0 aliphatic heterocycles. The van der Waals surface area contributed by atoms with E-state index in [9.17, 15) is 13.2 Å². The third-order valence-electron chi connectivity index (χ3n) is 1.97. The zero-order chi connectivity index (χ0) is 11.1. The van der Waals surface area contributed by atoms with Gasteiger partial charge in [-0.2, -0.15) is 13.2 Å². The van der Waals surface area contributed by atoms with Gasteiger partial charge in [0.2, 0.25) is 0 Å². The highest BCUT2D eigenvalue weighted by atomic mass is 19.4. The van der Waals surface area contributed by atoms with Gasteiger partial charge in [-0.1, -0.05) is 0 Å². The fourth-order valence-electron chi connectivity index (χ4n) is 1.42. The number of hydrogen-bond acceptors (Lipinski definition) is 2. The van der Waals surface area contributed by atoms with E-state index in [0.29, 0.717) is 16.7 Å². The first-order chi connectivity index (χ1) is 6.96. The first-order valence-electron chi connectivity index (χ1n) is 4.23. The molecule has 2 heterocycles. The van der Waals surface area contributed by atoms with Crippen LogP contribution in [0.15, 0.2) is 24.5 Å². The maximum absolute atomic E-state index is 12.2. The number of fused-ring (bicyclic) bond motifs is 1. The van der Waals surface area contributed by atoms with Crippen LogP contribution in [0.25, 0.3) is 11.0 Å². The second kappa shape index (κ2) is 3.15. The van der Waals surface area contributed by atoms with Crippen LogP contribution in [0.2, 0.25) is 0 Å².